The molecule has 0 aliphatic rings. The van der Waals surface area contributed by atoms with Gasteiger partial charge in [-0.1, -0.05) is 24.3 Å². The van der Waals surface area contributed by atoms with E-state index in [1.165, 1.54) is 0 Å². The van der Waals surface area contributed by atoms with Crippen LogP contribution in [0.25, 0.3) is 0 Å². The van der Waals surface area contributed by atoms with Crippen molar-refractivity contribution in [3.63, 3.8) is 0 Å². The molecule has 2 aromatic rings. The molecule has 0 radical (unpaired) electrons. The number of carbonyl (C=O) groups is 1. The van der Waals surface area contributed by atoms with E-state index in [1.807, 2.05) is 70.2 Å². The molecule has 1 N–H and O–H groups in total. The minimum Gasteiger partial charge on any atom is -0.494 e. The summed E-state index contributed by atoms with van der Waals surface area (Å²) in [4.78, 5) is 11.8. The Bertz CT molecular complexity index is 699. The molecule has 0 aromatic heterocycles. The summed E-state index contributed by atoms with van der Waals surface area (Å²) in [5.74, 6) is 0.0140. The largest absolute Gasteiger partial charge is 0.494 e. The van der Waals surface area contributed by atoms with E-state index in [1.54, 1.807) is 6.07 Å². The van der Waals surface area contributed by atoms with Gasteiger partial charge < -0.3 is 14.6 Å². The van der Waals surface area contributed by atoms with E-state index in [-0.39, 0.29) is 5.60 Å². The minimum atomic E-state index is -0.844. The molecule has 1 atom stereocenters. The van der Waals surface area contributed by atoms with Crippen molar-refractivity contribution in [2.75, 3.05) is 6.61 Å². The van der Waals surface area contributed by atoms with E-state index >= 15 is 0 Å². The Balaban J connectivity index is 2.16. The van der Waals surface area contributed by atoms with E-state index in [0.717, 1.165) is 16.9 Å². The molecular weight excluding hydrogens is 316 g/mol. The number of hydrogen-bond donors (Lipinski definition) is 1. The fraction of sp³-hybridized carbons (Fsp3) is 0.381. The summed E-state index contributed by atoms with van der Waals surface area (Å²) in [6, 6.07) is 14.9. The number of aliphatic carboxylic acids is 1. The smallest absolute Gasteiger partial charge is 0.311 e. The molecule has 4 heteroatoms. The third kappa shape index (κ3) is 5.82. The molecule has 0 fully saturated rings. The minimum absolute atomic E-state index is 0.259. The van der Waals surface area contributed by atoms with Crippen LogP contribution in [0.1, 0.15) is 44.7 Å². The van der Waals surface area contributed by atoms with E-state index < -0.39 is 11.9 Å². The first-order valence-electron chi connectivity index (χ1n) is 8.52. The maximum Gasteiger partial charge on any atom is 0.311 e. The molecule has 2 aromatic carbocycles. The van der Waals surface area contributed by atoms with Crippen LogP contribution in [0.4, 0.5) is 0 Å². The quantitative estimate of drug-likeness (QED) is 0.794. The molecule has 0 saturated carbocycles. The molecular formula is C21H26O4. The van der Waals surface area contributed by atoms with Crippen molar-refractivity contribution in [2.45, 2.75) is 45.6 Å². The number of rotatable bonds is 7. The van der Waals surface area contributed by atoms with Gasteiger partial charge in [0.15, 0.2) is 0 Å². The maximum atomic E-state index is 11.8. The lowest BCUT2D eigenvalue weighted by molar-refractivity contribution is -0.138. The summed E-state index contributed by atoms with van der Waals surface area (Å²) in [5, 5.41) is 9.65. The molecule has 0 aliphatic heterocycles. The monoisotopic (exact) mass is 342 g/mol. The highest BCUT2D eigenvalue weighted by Gasteiger charge is 2.21. The second-order valence-electron chi connectivity index (χ2n) is 6.96. The summed E-state index contributed by atoms with van der Waals surface area (Å²) >= 11 is 0. The van der Waals surface area contributed by atoms with Gasteiger partial charge in [0.05, 0.1) is 12.5 Å². The Kier molecular flexibility index (Phi) is 6.07. The SMILES string of the molecule is CCOc1cccc(C(Cc2ccc(OC(C)(C)C)cc2)C(=O)O)c1. The molecule has 0 spiro atoms. The van der Waals surface area contributed by atoms with E-state index in [4.69, 9.17) is 9.47 Å². The molecule has 1 unspecified atom stereocenters. The average Bonchev–Trinajstić information content (AvgIpc) is 2.53. The molecule has 4 nitrogen and oxygen atoms in total. The fourth-order valence-corrected chi connectivity index (χ4v) is 2.62. The first kappa shape index (κ1) is 18.8. The van der Waals surface area contributed by atoms with Crippen molar-refractivity contribution in [3.8, 4) is 11.5 Å². The Morgan fingerprint density at radius 2 is 1.76 bits per heavy atom. The van der Waals surface area contributed by atoms with Gasteiger partial charge >= 0.3 is 5.97 Å². The summed E-state index contributed by atoms with van der Waals surface area (Å²) in [6.07, 6.45) is 0.417. The van der Waals surface area contributed by atoms with Gasteiger partial charge in [0.2, 0.25) is 0 Å². The summed E-state index contributed by atoms with van der Waals surface area (Å²) < 4.78 is 11.3. The van der Waals surface area contributed by atoms with Crippen LogP contribution in [0.2, 0.25) is 0 Å². The van der Waals surface area contributed by atoms with E-state index in [2.05, 4.69) is 0 Å². The summed E-state index contributed by atoms with van der Waals surface area (Å²) in [7, 11) is 0. The zero-order valence-corrected chi connectivity index (χ0v) is 15.3. The molecule has 2 rings (SSSR count). The van der Waals surface area contributed by atoms with Gasteiger partial charge in [0.1, 0.15) is 17.1 Å². The van der Waals surface area contributed by atoms with Gasteiger partial charge in [-0.05, 0) is 69.5 Å². The normalized spacial score (nSPS) is 12.5. The molecule has 134 valence electrons. The predicted octanol–water partition coefficient (Wildman–Crippen LogP) is 4.67. The molecule has 0 aliphatic carbocycles. The van der Waals surface area contributed by atoms with E-state index in [0.29, 0.717) is 18.8 Å². The zero-order valence-electron chi connectivity index (χ0n) is 15.3. The van der Waals surface area contributed by atoms with Crippen LogP contribution in [-0.4, -0.2) is 23.3 Å². The first-order chi connectivity index (χ1) is 11.8. The van der Waals surface area contributed by atoms with Crippen molar-refractivity contribution in [1.82, 2.24) is 0 Å². The number of carboxylic acid groups (broad SMARTS) is 1. The molecule has 0 bridgehead atoms. The van der Waals surface area contributed by atoms with Crippen molar-refractivity contribution in [3.05, 3.63) is 59.7 Å². The third-order valence-electron chi connectivity index (χ3n) is 3.66. The Morgan fingerprint density at radius 3 is 2.32 bits per heavy atom. The lowest BCUT2D eigenvalue weighted by atomic mass is 9.92. The lowest BCUT2D eigenvalue weighted by Gasteiger charge is -2.21. The number of hydrogen-bond acceptors (Lipinski definition) is 3. The summed E-state index contributed by atoms with van der Waals surface area (Å²) in [6.45, 7) is 8.44. The van der Waals surface area contributed by atoms with Gasteiger partial charge in [-0.2, -0.15) is 0 Å². The lowest BCUT2D eigenvalue weighted by Crippen LogP contribution is -2.22. The second-order valence-corrected chi connectivity index (χ2v) is 6.96. The second kappa shape index (κ2) is 8.06. The molecule has 0 amide bonds. The van der Waals surface area contributed by atoms with Crippen LogP contribution in [-0.2, 0) is 11.2 Å². The van der Waals surface area contributed by atoms with Gasteiger partial charge in [-0.25, -0.2) is 0 Å². The van der Waals surface area contributed by atoms with E-state index in [9.17, 15) is 9.90 Å². The summed E-state index contributed by atoms with van der Waals surface area (Å²) in [5.41, 5.74) is 1.44. The van der Waals surface area contributed by atoms with Gasteiger partial charge in [-0.15, -0.1) is 0 Å². The molecule has 25 heavy (non-hydrogen) atoms. The Morgan fingerprint density at radius 1 is 1.08 bits per heavy atom. The number of benzene rings is 2. The predicted molar refractivity (Wildman–Crippen MR) is 98.5 cm³/mol. The van der Waals surface area contributed by atoms with Crippen molar-refractivity contribution in [2.24, 2.45) is 0 Å². The zero-order chi connectivity index (χ0) is 18.4. The van der Waals surface area contributed by atoms with Gasteiger partial charge in [0.25, 0.3) is 0 Å². The van der Waals surface area contributed by atoms with Crippen molar-refractivity contribution in [1.29, 1.82) is 0 Å². The number of carboxylic acids is 1. The topological polar surface area (TPSA) is 55.8 Å². The highest BCUT2D eigenvalue weighted by molar-refractivity contribution is 5.76. The van der Waals surface area contributed by atoms with Crippen LogP contribution in [0.15, 0.2) is 48.5 Å². The Labute approximate surface area is 149 Å². The first-order valence-corrected chi connectivity index (χ1v) is 8.52. The average molecular weight is 342 g/mol. The highest BCUT2D eigenvalue weighted by atomic mass is 16.5. The molecule has 0 heterocycles. The number of ether oxygens (including phenoxy) is 2. The van der Waals surface area contributed by atoms with Crippen molar-refractivity contribution < 1.29 is 19.4 Å². The van der Waals surface area contributed by atoms with Gasteiger partial charge in [0, 0.05) is 0 Å². The molecule has 0 saturated heterocycles. The van der Waals surface area contributed by atoms with Crippen LogP contribution in [0, 0.1) is 0 Å². The van der Waals surface area contributed by atoms with Crippen LogP contribution in [0.3, 0.4) is 0 Å². The van der Waals surface area contributed by atoms with Crippen LogP contribution in [0.5, 0.6) is 11.5 Å². The Hall–Kier alpha value is -2.49. The third-order valence-corrected chi connectivity index (χ3v) is 3.66. The highest BCUT2D eigenvalue weighted by Crippen LogP contribution is 2.26. The fourth-order valence-electron chi connectivity index (χ4n) is 2.62. The van der Waals surface area contributed by atoms with Crippen molar-refractivity contribution >= 4 is 5.97 Å². The van der Waals surface area contributed by atoms with Crippen LogP contribution >= 0.6 is 0 Å². The van der Waals surface area contributed by atoms with Gasteiger partial charge in [-0.3, -0.25) is 4.79 Å². The van der Waals surface area contributed by atoms with Crippen LogP contribution < -0.4 is 9.47 Å². The maximum absolute atomic E-state index is 11.8. The standard InChI is InChI=1S/C21H26O4/c1-5-24-18-8-6-7-16(14-18)19(20(22)23)13-15-9-11-17(12-10-15)25-21(2,3)4/h6-12,14,19H,5,13H2,1-4H3,(H,22,23).